The minimum absolute atomic E-state index is 0.00217. The summed E-state index contributed by atoms with van der Waals surface area (Å²) in [4.78, 5) is 28.5. The van der Waals surface area contributed by atoms with E-state index in [1.165, 1.54) is 25.6 Å². The second-order valence-corrected chi connectivity index (χ2v) is 26.4. The minimum atomic E-state index is -1.42. The molecule has 532 valence electrons. The third-order valence-corrected chi connectivity index (χ3v) is 18.7. The average Bonchev–Trinajstić information content (AvgIpc) is 0.770. The van der Waals surface area contributed by atoms with Gasteiger partial charge in [0.2, 0.25) is 0 Å². The van der Waals surface area contributed by atoms with Crippen molar-refractivity contribution in [3.8, 4) is 0 Å². The molecule has 17 nitrogen and oxygen atoms in total. The van der Waals surface area contributed by atoms with Crippen LogP contribution >= 0.6 is 11.8 Å². The minimum Gasteiger partial charge on any atom is -0.454 e. The van der Waals surface area contributed by atoms with E-state index in [-0.39, 0.29) is 72.7 Å². The summed E-state index contributed by atoms with van der Waals surface area (Å²) in [5.41, 5.74) is 6.29. The van der Waals surface area contributed by atoms with Crippen molar-refractivity contribution in [2.75, 3.05) is 19.8 Å². The first-order chi connectivity index (χ1) is 50.2. The van der Waals surface area contributed by atoms with Gasteiger partial charge < -0.3 is 71.1 Å². The van der Waals surface area contributed by atoms with Crippen LogP contribution in [0.5, 0.6) is 0 Å². The number of carbonyl (C=O) groups is 2. The molecule has 0 radical (unpaired) electrons. The Morgan fingerprint density at radius 2 is 0.559 bits per heavy atom. The van der Waals surface area contributed by atoms with E-state index in [0.717, 1.165) is 49.4 Å². The lowest BCUT2D eigenvalue weighted by molar-refractivity contribution is -0.358. The molecule has 15 atom stereocenters. The highest BCUT2D eigenvalue weighted by molar-refractivity contribution is 7.99. The monoisotopic (exact) mass is 1400 g/mol. The van der Waals surface area contributed by atoms with E-state index in [4.69, 9.17) is 71.1 Å². The molecule has 9 aromatic rings. The molecule has 3 heterocycles. The summed E-state index contributed by atoms with van der Waals surface area (Å²) in [5, 5.41) is 0. The van der Waals surface area contributed by atoms with Crippen LogP contribution in [0.4, 0.5) is 0 Å². The second kappa shape index (κ2) is 38.9. The van der Waals surface area contributed by atoms with Crippen molar-refractivity contribution < 1.29 is 80.6 Å². The number of ether oxygens (including phenoxy) is 15. The maximum Gasteiger partial charge on any atom is 0.303 e. The van der Waals surface area contributed by atoms with Gasteiger partial charge in [0.25, 0.3) is 0 Å². The molecule has 0 spiro atoms. The molecule has 0 N–H and O–H groups in total. The largest absolute Gasteiger partial charge is 0.454 e. The topological polar surface area (TPSA) is 173 Å². The maximum atomic E-state index is 13.9. The van der Waals surface area contributed by atoms with Gasteiger partial charge >= 0.3 is 11.9 Å². The summed E-state index contributed by atoms with van der Waals surface area (Å²) < 4.78 is 105. The zero-order valence-corrected chi connectivity index (χ0v) is 58.1. The van der Waals surface area contributed by atoms with E-state index in [0.29, 0.717) is 0 Å². The Morgan fingerprint density at radius 1 is 0.284 bits per heavy atom. The summed E-state index contributed by atoms with van der Waals surface area (Å²) in [7, 11) is 0. The average molecular weight is 1400 g/mol. The van der Waals surface area contributed by atoms with Crippen molar-refractivity contribution >= 4 is 23.7 Å². The molecule has 0 amide bonds. The highest BCUT2D eigenvalue weighted by Gasteiger charge is 2.57. The molecular formula is C84H88O17S. The van der Waals surface area contributed by atoms with Crippen LogP contribution in [-0.4, -0.2) is 123 Å². The Balaban J connectivity index is 0.951. The summed E-state index contributed by atoms with van der Waals surface area (Å²) in [6, 6.07) is 88.3. The fourth-order valence-corrected chi connectivity index (χ4v) is 13.8. The Bertz CT molecular complexity index is 3840. The fraction of sp³-hybridized carbons (Fsp3) is 0.333. The van der Waals surface area contributed by atoms with Crippen molar-refractivity contribution in [3.05, 3.63) is 317 Å². The van der Waals surface area contributed by atoms with Crippen molar-refractivity contribution in [1.82, 2.24) is 0 Å². The van der Waals surface area contributed by atoms with E-state index in [1.807, 2.05) is 273 Å². The lowest BCUT2D eigenvalue weighted by Crippen LogP contribution is -2.66. The molecule has 0 saturated carbocycles. The van der Waals surface area contributed by atoms with Crippen molar-refractivity contribution in [2.45, 2.75) is 163 Å². The van der Waals surface area contributed by atoms with Gasteiger partial charge in [-0.2, -0.15) is 0 Å². The van der Waals surface area contributed by atoms with E-state index in [9.17, 15) is 9.59 Å². The normalized spacial score (nSPS) is 24.9. The molecule has 18 heteroatoms. The number of hydrogen-bond donors (Lipinski definition) is 0. The van der Waals surface area contributed by atoms with Gasteiger partial charge in [0.1, 0.15) is 66.5 Å². The van der Waals surface area contributed by atoms with Crippen molar-refractivity contribution in [2.24, 2.45) is 0 Å². The predicted molar refractivity (Wildman–Crippen MR) is 383 cm³/mol. The first-order valence-corrected chi connectivity index (χ1v) is 35.6. The van der Waals surface area contributed by atoms with Gasteiger partial charge in [0.15, 0.2) is 24.8 Å². The van der Waals surface area contributed by atoms with Crippen molar-refractivity contribution in [3.63, 3.8) is 0 Å². The van der Waals surface area contributed by atoms with Gasteiger partial charge in [-0.25, -0.2) is 0 Å². The Hall–Kier alpha value is -8.25. The Morgan fingerprint density at radius 3 is 0.902 bits per heavy atom. The lowest BCUT2D eigenvalue weighted by atomic mass is 9.96. The number of carbonyl (C=O) groups excluding carboxylic acids is 2. The standard InChI is InChI=1S/C84H88O17S/c1-59(85)96-79-76(92-53-66-40-22-8-23-41-66)73(89-50-63-34-16-5-17-35-63)70(56-87-48-61-30-12-3-13-31-61)98-82(79)95-58-72-75(91-52-65-38-20-7-21-39-65)78(81(94-55-68-44-26-10-27-45-68)84(100-72)102-69-46-28-11-29-47-69)101-83-80(97-60(2)86)77(93-54-67-42-24-9-25-43-67)74(90-51-64-36-18-6-19-37-64)71(99-83)57-88-49-62-32-14-4-15-33-62/h3-47,70-84H,48-58H2,1-2H3/t70?,71?,72?,73-,74-,75-,76-,77+,78+,79?,80?,81?,82+,83-,84-/m1/s1. The zero-order chi connectivity index (χ0) is 69.9. The fourth-order valence-electron chi connectivity index (χ4n) is 12.6. The first kappa shape index (κ1) is 73.5. The molecule has 0 aromatic heterocycles. The molecule has 102 heavy (non-hydrogen) atoms. The Labute approximate surface area is 601 Å². The van der Waals surface area contributed by atoms with E-state index in [2.05, 4.69) is 0 Å². The first-order valence-electron chi connectivity index (χ1n) is 34.7. The smallest absolute Gasteiger partial charge is 0.303 e. The number of esters is 2. The highest BCUT2D eigenvalue weighted by Crippen LogP contribution is 2.42. The van der Waals surface area contributed by atoms with E-state index in [1.54, 1.807) is 0 Å². The van der Waals surface area contributed by atoms with Crippen LogP contribution in [0.1, 0.15) is 58.4 Å². The predicted octanol–water partition coefficient (Wildman–Crippen LogP) is 14.2. The molecule has 3 fully saturated rings. The summed E-state index contributed by atoms with van der Waals surface area (Å²) in [6.45, 7) is 3.70. The van der Waals surface area contributed by atoms with Crippen LogP contribution in [0.15, 0.2) is 278 Å². The van der Waals surface area contributed by atoms with E-state index >= 15 is 0 Å². The highest BCUT2D eigenvalue weighted by atomic mass is 32.2. The van der Waals surface area contributed by atoms with Crippen LogP contribution in [0.25, 0.3) is 0 Å². The van der Waals surface area contributed by atoms with Gasteiger partial charge in [-0.3, -0.25) is 9.59 Å². The number of benzene rings is 9. The summed E-state index contributed by atoms with van der Waals surface area (Å²) >= 11 is 1.43. The van der Waals surface area contributed by atoms with Crippen LogP contribution in [-0.2, 0) is 133 Å². The van der Waals surface area contributed by atoms with Gasteiger partial charge in [-0.15, -0.1) is 0 Å². The van der Waals surface area contributed by atoms with E-state index < -0.39 is 103 Å². The van der Waals surface area contributed by atoms with Crippen LogP contribution in [0, 0.1) is 0 Å². The summed E-state index contributed by atoms with van der Waals surface area (Å²) in [5.74, 6) is -1.22. The van der Waals surface area contributed by atoms with Crippen LogP contribution in [0.3, 0.4) is 0 Å². The van der Waals surface area contributed by atoms with Gasteiger partial charge in [-0.05, 0) is 56.6 Å². The quantitative estimate of drug-likeness (QED) is 0.0343. The van der Waals surface area contributed by atoms with Crippen molar-refractivity contribution in [1.29, 1.82) is 0 Å². The zero-order valence-electron chi connectivity index (χ0n) is 57.3. The second-order valence-electron chi connectivity index (χ2n) is 25.2. The summed E-state index contributed by atoms with van der Waals surface area (Å²) in [6.07, 6.45) is -15.1. The third-order valence-electron chi connectivity index (χ3n) is 17.6. The SMILES string of the molecule is CC(=O)OC1[C@@H](O[C@@H]2C(OCc3ccccc3)[C@@H](Sc3ccccc3)OC(CO[C@H]3OC(COCc4ccccc4)[C@@H](OCc4ccccc4)[C@@H](OCc4ccccc4)C3OC(C)=O)[C@H]2OCc2ccccc2)OC(COCc2ccccc2)[C@@H](OCc2ccccc2)[C@@H]1OCc1ccccc1. The van der Waals surface area contributed by atoms with Crippen LogP contribution in [0.2, 0.25) is 0 Å². The Kier molecular flexibility index (Phi) is 28.0. The number of hydrogen-bond acceptors (Lipinski definition) is 18. The number of rotatable bonds is 35. The third kappa shape index (κ3) is 21.7. The molecule has 0 bridgehead atoms. The van der Waals surface area contributed by atoms with Gasteiger partial charge in [-0.1, -0.05) is 273 Å². The molecule has 3 saturated heterocycles. The molecule has 12 rings (SSSR count). The van der Waals surface area contributed by atoms with Gasteiger partial charge in [0, 0.05) is 18.7 Å². The molecule has 3 aliphatic rings. The molecule has 6 unspecified atom stereocenters. The van der Waals surface area contributed by atoms with Gasteiger partial charge in [0.05, 0.1) is 72.7 Å². The number of thioether (sulfide) groups is 1. The molecule has 9 aromatic carbocycles. The molecule has 0 aliphatic carbocycles. The van der Waals surface area contributed by atoms with Crippen LogP contribution < -0.4 is 0 Å². The maximum absolute atomic E-state index is 13.9. The molecule has 3 aliphatic heterocycles. The lowest BCUT2D eigenvalue weighted by Gasteiger charge is -2.50. The molecular weight excluding hydrogens is 1310 g/mol.